The monoisotopic (exact) mass is 196 g/mol. The summed E-state index contributed by atoms with van der Waals surface area (Å²) < 4.78 is 0. The van der Waals surface area contributed by atoms with Gasteiger partial charge in [-0.25, -0.2) is 0 Å². The van der Waals surface area contributed by atoms with Gasteiger partial charge in [0.1, 0.15) is 0 Å². The molecule has 0 N–H and O–H groups in total. The third-order valence-electron chi connectivity index (χ3n) is 1.23. The van der Waals surface area contributed by atoms with Gasteiger partial charge >= 0.3 is 0 Å². The maximum Gasteiger partial charge on any atom is 0.0406 e. The van der Waals surface area contributed by atoms with Crippen LogP contribution in [0.4, 0.5) is 0 Å². The van der Waals surface area contributed by atoms with E-state index in [0.29, 0.717) is 0 Å². The van der Waals surface area contributed by atoms with Crippen molar-refractivity contribution in [1.82, 2.24) is 0 Å². The molecule has 1 aromatic rings. The second-order valence-corrected chi connectivity index (χ2v) is 3.55. The molecule has 0 aliphatic rings. The van der Waals surface area contributed by atoms with Crippen LogP contribution in [0.3, 0.4) is 0 Å². The minimum absolute atomic E-state index is 0.770. The van der Waals surface area contributed by atoms with Crippen molar-refractivity contribution in [2.75, 3.05) is 0 Å². The molecule has 0 nitrogen and oxygen atoms in total. The number of thioether (sulfide) groups is 1. The number of hydrogen-bond acceptors (Lipinski definition) is 1. The van der Waals surface area contributed by atoms with Gasteiger partial charge in [-0.2, -0.15) is 0 Å². The van der Waals surface area contributed by atoms with Crippen LogP contribution in [0, 0.1) is 0 Å². The molecule has 0 bridgehead atoms. The molecule has 0 saturated carbocycles. The van der Waals surface area contributed by atoms with Crippen LogP contribution in [-0.2, 0) is 0 Å². The van der Waals surface area contributed by atoms with Crippen LogP contribution in [0.2, 0.25) is 5.02 Å². The van der Waals surface area contributed by atoms with Gasteiger partial charge in [-0.1, -0.05) is 42.1 Å². The highest BCUT2D eigenvalue weighted by atomic mass is 35.5. The molecule has 2 heteroatoms. The minimum Gasteiger partial charge on any atom is -0.0990 e. The Bertz CT molecular complexity index is 274. The Balaban J connectivity index is 2.58. The standard InChI is InChI=1S/C10H9ClS/c1-2-3-8-12-10-6-4-9(11)5-7-10/h2-8H,1H2/b8-3+. The van der Waals surface area contributed by atoms with Crippen LogP contribution in [-0.4, -0.2) is 0 Å². The first-order valence-corrected chi connectivity index (χ1v) is 4.78. The van der Waals surface area contributed by atoms with Crippen LogP contribution in [0.15, 0.2) is 53.3 Å². The van der Waals surface area contributed by atoms with Crippen LogP contribution >= 0.6 is 23.4 Å². The van der Waals surface area contributed by atoms with E-state index in [1.165, 1.54) is 4.90 Å². The van der Waals surface area contributed by atoms with E-state index >= 15 is 0 Å². The van der Waals surface area contributed by atoms with E-state index in [0.717, 1.165) is 5.02 Å². The van der Waals surface area contributed by atoms with Crippen molar-refractivity contribution < 1.29 is 0 Å². The Morgan fingerprint density at radius 3 is 2.50 bits per heavy atom. The van der Waals surface area contributed by atoms with Crippen LogP contribution < -0.4 is 0 Å². The smallest absolute Gasteiger partial charge is 0.0406 e. The average molecular weight is 197 g/mol. The number of allylic oxidation sites excluding steroid dienone is 2. The van der Waals surface area contributed by atoms with Crippen molar-refractivity contribution >= 4 is 23.4 Å². The zero-order valence-corrected chi connectivity index (χ0v) is 8.11. The molecule has 0 atom stereocenters. The minimum atomic E-state index is 0.770. The first-order chi connectivity index (χ1) is 5.83. The summed E-state index contributed by atoms with van der Waals surface area (Å²) in [6, 6.07) is 7.73. The molecule has 0 saturated heterocycles. The predicted molar refractivity (Wildman–Crippen MR) is 56.6 cm³/mol. The third-order valence-corrected chi connectivity index (χ3v) is 2.32. The van der Waals surface area contributed by atoms with Gasteiger partial charge in [-0.15, -0.1) is 0 Å². The number of benzene rings is 1. The lowest BCUT2D eigenvalue weighted by Gasteiger charge is -1.94. The average Bonchev–Trinajstić information content (AvgIpc) is 2.09. The second kappa shape index (κ2) is 5.07. The van der Waals surface area contributed by atoms with Crippen LogP contribution in [0.25, 0.3) is 0 Å². The van der Waals surface area contributed by atoms with E-state index in [9.17, 15) is 0 Å². The highest BCUT2D eigenvalue weighted by Gasteiger charge is 1.89. The van der Waals surface area contributed by atoms with Crippen LogP contribution in [0.5, 0.6) is 0 Å². The van der Waals surface area contributed by atoms with Crippen molar-refractivity contribution in [1.29, 1.82) is 0 Å². The molecule has 1 rings (SSSR count). The van der Waals surface area contributed by atoms with Gasteiger partial charge in [-0.05, 0) is 29.7 Å². The molecule has 0 fully saturated rings. The maximum absolute atomic E-state index is 5.73. The first kappa shape index (κ1) is 9.43. The normalized spacial score (nSPS) is 10.4. The second-order valence-electron chi connectivity index (χ2n) is 2.14. The van der Waals surface area contributed by atoms with E-state index < -0.39 is 0 Å². The molecule has 0 heterocycles. The predicted octanol–water partition coefficient (Wildman–Crippen LogP) is 4.13. The summed E-state index contributed by atoms with van der Waals surface area (Å²) in [4.78, 5) is 1.18. The Morgan fingerprint density at radius 2 is 1.92 bits per heavy atom. The highest BCUT2D eigenvalue weighted by Crippen LogP contribution is 2.20. The molecule has 0 aliphatic heterocycles. The van der Waals surface area contributed by atoms with Gasteiger partial charge in [0, 0.05) is 9.92 Å². The Labute approximate surface area is 81.9 Å². The summed E-state index contributed by atoms with van der Waals surface area (Å²) >= 11 is 7.37. The first-order valence-electron chi connectivity index (χ1n) is 3.53. The molecule has 62 valence electrons. The van der Waals surface area contributed by atoms with Gasteiger partial charge < -0.3 is 0 Å². The Morgan fingerprint density at radius 1 is 1.25 bits per heavy atom. The molecule has 0 amide bonds. The molecule has 0 spiro atoms. The van der Waals surface area contributed by atoms with Crippen molar-refractivity contribution in [3.05, 3.63) is 53.4 Å². The Kier molecular flexibility index (Phi) is 3.98. The van der Waals surface area contributed by atoms with E-state index in [1.807, 2.05) is 35.7 Å². The van der Waals surface area contributed by atoms with Gasteiger partial charge in [0.05, 0.1) is 0 Å². The Hall–Kier alpha value is -0.660. The summed E-state index contributed by atoms with van der Waals surface area (Å²) in [6.45, 7) is 3.58. The van der Waals surface area contributed by atoms with Gasteiger partial charge in [0.25, 0.3) is 0 Å². The molecule has 0 aromatic heterocycles. The summed E-state index contributed by atoms with van der Waals surface area (Å²) in [6.07, 6.45) is 3.65. The van der Waals surface area contributed by atoms with Crippen molar-refractivity contribution in [3.63, 3.8) is 0 Å². The van der Waals surface area contributed by atoms with Crippen LogP contribution in [0.1, 0.15) is 0 Å². The van der Waals surface area contributed by atoms with Crippen molar-refractivity contribution in [2.24, 2.45) is 0 Å². The van der Waals surface area contributed by atoms with Crippen molar-refractivity contribution in [3.8, 4) is 0 Å². The van der Waals surface area contributed by atoms with Crippen molar-refractivity contribution in [2.45, 2.75) is 4.90 Å². The molecule has 12 heavy (non-hydrogen) atoms. The quantitative estimate of drug-likeness (QED) is 0.518. The summed E-state index contributed by atoms with van der Waals surface area (Å²) in [5, 5.41) is 2.75. The summed E-state index contributed by atoms with van der Waals surface area (Å²) in [5.74, 6) is 0. The summed E-state index contributed by atoms with van der Waals surface area (Å²) in [7, 11) is 0. The molecular weight excluding hydrogens is 188 g/mol. The maximum atomic E-state index is 5.73. The third kappa shape index (κ3) is 3.16. The number of halogens is 1. The zero-order valence-electron chi connectivity index (χ0n) is 6.53. The zero-order chi connectivity index (χ0) is 8.81. The molecule has 0 radical (unpaired) electrons. The van der Waals surface area contributed by atoms with E-state index in [-0.39, 0.29) is 0 Å². The highest BCUT2D eigenvalue weighted by molar-refractivity contribution is 8.02. The molecule has 1 aromatic carbocycles. The van der Waals surface area contributed by atoms with Gasteiger partial charge in [-0.3, -0.25) is 0 Å². The largest absolute Gasteiger partial charge is 0.0990 e. The van der Waals surface area contributed by atoms with Gasteiger partial charge in [0.15, 0.2) is 0 Å². The lowest BCUT2D eigenvalue weighted by Crippen LogP contribution is -1.66. The fraction of sp³-hybridized carbons (Fsp3) is 0. The molecule has 0 unspecified atom stereocenters. The fourth-order valence-electron chi connectivity index (χ4n) is 0.687. The van der Waals surface area contributed by atoms with E-state index in [1.54, 1.807) is 17.8 Å². The SMILES string of the molecule is C=C/C=C/Sc1ccc(Cl)cc1. The topological polar surface area (TPSA) is 0 Å². The molecule has 0 aliphatic carbocycles. The lowest BCUT2D eigenvalue weighted by molar-refractivity contribution is 1.47. The fourth-order valence-corrected chi connectivity index (χ4v) is 1.45. The number of hydrogen-bond donors (Lipinski definition) is 0. The summed E-state index contributed by atoms with van der Waals surface area (Å²) in [5.41, 5.74) is 0. The molecular formula is C10H9ClS. The van der Waals surface area contributed by atoms with E-state index in [2.05, 4.69) is 6.58 Å². The van der Waals surface area contributed by atoms with Gasteiger partial charge in [0.2, 0.25) is 0 Å². The van der Waals surface area contributed by atoms with E-state index in [4.69, 9.17) is 11.6 Å². The lowest BCUT2D eigenvalue weighted by atomic mass is 10.4. The number of rotatable bonds is 3.